The largest absolute Gasteiger partial charge is 0.469 e. The van der Waals surface area contributed by atoms with E-state index in [0.717, 1.165) is 17.8 Å². The molecule has 0 aromatic rings. The Balaban J connectivity index is 1.43. The Morgan fingerprint density at radius 1 is 1.00 bits per heavy atom. The third-order valence-electron chi connectivity index (χ3n) is 6.02. The number of esters is 1. The van der Waals surface area contributed by atoms with Gasteiger partial charge in [0.2, 0.25) is 5.91 Å². The molecule has 4 aliphatic rings. The number of carbonyl (C=O) groups excluding carboxylic acids is 3. The molecule has 4 bridgehead atoms. The van der Waals surface area contributed by atoms with Crippen LogP contribution in [0.5, 0.6) is 0 Å². The van der Waals surface area contributed by atoms with Gasteiger partial charge in [0.25, 0.3) is 0 Å². The fourth-order valence-corrected chi connectivity index (χ4v) is 5.54. The molecule has 4 fully saturated rings. The molecule has 0 aromatic carbocycles. The molecule has 0 unspecified atom stereocenters. The van der Waals surface area contributed by atoms with Crippen LogP contribution in [0, 0.1) is 23.2 Å². The average molecular weight is 321 g/mol. The van der Waals surface area contributed by atoms with E-state index in [9.17, 15) is 14.4 Å². The van der Waals surface area contributed by atoms with Crippen LogP contribution in [0.25, 0.3) is 0 Å². The van der Waals surface area contributed by atoms with E-state index in [4.69, 9.17) is 0 Å². The summed E-state index contributed by atoms with van der Waals surface area (Å²) in [6, 6.07) is 0. The summed E-state index contributed by atoms with van der Waals surface area (Å²) in [5.41, 5.74) is 0.202. The maximum Gasteiger partial charge on any atom is 0.305 e. The van der Waals surface area contributed by atoms with E-state index >= 15 is 0 Å². The van der Waals surface area contributed by atoms with Crippen molar-refractivity contribution < 1.29 is 19.1 Å². The van der Waals surface area contributed by atoms with Crippen molar-refractivity contribution in [1.82, 2.24) is 5.32 Å². The Morgan fingerprint density at radius 3 is 2.09 bits per heavy atom. The van der Waals surface area contributed by atoms with Gasteiger partial charge >= 0.3 is 5.97 Å². The van der Waals surface area contributed by atoms with Crippen LogP contribution in [0.1, 0.15) is 57.8 Å². The summed E-state index contributed by atoms with van der Waals surface area (Å²) in [5, 5.41) is 2.76. The molecule has 1 amide bonds. The molecule has 0 saturated heterocycles. The van der Waals surface area contributed by atoms with Crippen molar-refractivity contribution in [2.24, 2.45) is 23.2 Å². The first kappa shape index (κ1) is 16.5. The predicted molar refractivity (Wildman–Crippen MR) is 84.5 cm³/mol. The third-order valence-corrected chi connectivity index (χ3v) is 6.02. The highest BCUT2D eigenvalue weighted by molar-refractivity contribution is 5.88. The van der Waals surface area contributed by atoms with Crippen molar-refractivity contribution >= 4 is 17.7 Å². The fourth-order valence-electron chi connectivity index (χ4n) is 5.54. The van der Waals surface area contributed by atoms with E-state index in [1.807, 2.05) is 0 Å². The van der Waals surface area contributed by atoms with Crippen molar-refractivity contribution in [3.63, 3.8) is 0 Å². The van der Waals surface area contributed by atoms with Gasteiger partial charge in [0.1, 0.15) is 0 Å². The fraction of sp³-hybridized carbons (Fsp3) is 0.833. The molecule has 5 nitrogen and oxygen atoms in total. The highest BCUT2D eigenvalue weighted by Crippen LogP contribution is 2.61. The van der Waals surface area contributed by atoms with Crippen LogP contribution < -0.4 is 5.32 Å². The topological polar surface area (TPSA) is 72.5 Å². The zero-order chi connectivity index (χ0) is 16.4. The number of nitrogens with one attached hydrogen (secondary N) is 1. The molecule has 4 rings (SSSR count). The van der Waals surface area contributed by atoms with Gasteiger partial charge in [-0.1, -0.05) is 0 Å². The predicted octanol–water partition coefficient (Wildman–Crippen LogP) is 2.23. The van der Waals surface area contributed by atoms with Gasteiger partial charge in [-0.05, 0) is 61.7 Å². The van der Waals surface area contributed by atoms with Gasteiger partial charge in [-0.25, -0.2) is 0 Å². The number of hydrogen-bond acceptors (Lipinski definition) is 4. The number of Topliss-reactive ketones (excluding diaryl/α,β-unsaturated/α-hetero) is 1. The van der Waals surface area contributed by atoms with Crippen LogP contribution in [0.2, 0.25) is 0 Å². The Morgan fingerprint density at radius 2 is 1.57 bits per heavy atom. The Bertz CT molecular complexity index is 464. The van der Waals surface area contributed by atoms with Crippen LogP contribution in [0.3, 0.4) is 0 Å². The molecule has 0 heterocycles. The van der Waals surface area contributed by atoms with Gasteiger partial charge in [-0.15, -0.1) is 0 Å². The van der Waals surface area contributed by atoms with Crippen LogP contribution in [0.4, 0.5) is 0 Å². The molecule has 0 aromatic heterocycles. The zero-order valence-electron chi connectivity index (χ0n) is 13.9. The molecule has 4 saturated carbocycles. The second-order valence-electron chi connectivity index (χ2n) is 7.99. The molecular weight excluding hydrogens is 294 g/mol. The number of ether oxygens (including phenoxy) is 1. The standard InChI is InChI=1S/C18H27NO4/c1-23-17(22)3-2-15(20)11-19-16(21)10-18-7-12-4-13(8-18)6-14(5-12)9-18/h12-14H,2-11H2,1H3,(H,19,21). The molecule has 4 aliphatic carbocycles. The minimum absolute atomic E-state index is 0.00151. The van der Waals surface area contributed by atoms with E-state index in [2.05, 4.69) is 10.1 Å². The van der Waals surface area contributed by atoms with Crippen molar-refractivity contribution in [3.8, 4) is 0 Å². The lowest BCUT2D eigenvalue weighted by Crippen LogP contribution is -2.48. The Labute approximate surface area is 137 Å². The van der Waals surface area contributed by atoms with E-state index in [-0.39, 0.29) is 36.5 Å². The summed E-state index contributed by atoms with van der Waals surface area (Å²) in [4.78, 5) is 35.0. The number of carbonyl (C=O) groups is 3. The molecular formula is C18H27NO4. The normalized spacial score (nSPS) is 34.2. The van der Waals surface area contributed by atoms with Crippen molar-refractivity contribution in [3.05, 3.63) is 0 Å². The summed E-state index contributed by atoms with van der Waals surface area (Å²) >= 11 is 0. The van der Waals surface area contributed by atoms with Crippen molar-refractivity contribution in [1.29, 1.82) is 0 Å². The number of amides is 1. The van der Waals surface area contributed by atoms with Crippen LogP contribution in [0.15, 0.2) is 0 Å². The number of ketones is 1. The van der Waals surface area contributed by atoms with Crippen molar-refractivity contribution in [2.45, 2.75) is 57.8 Å². The van der Waals surface area contributed by atoms with E-state index in [0.29, 0.717) is 6.42 Å². The zero-order valence-corrected chi connectivity index (χ0v) is 13.9. The molecule has 23 heavy (non-hydrogen) atoms. The highest BCUT2D eigenvalue weighted by Gasteiger charge is 2.51. The molecule has 128 valence electrons. The Hall–Kier alpha value is -1.39. The van der Waals surface area contributed by atoms with Crippen LogP contribution in [-0.2, 0) is 19.1 Å². The molecule has 0 atom stereocenters. The third kappa shape index (κ3) is 3.93. The first-order valence-electron chi connectivity index (χ1n) is 8.83. The smallest absolute Gasteiger partial charge is 0.305 e. The molecule has 1 N–H and O–H groups in total. The SMILES string of the molecule is COC(=O)CCC(=O)CNC(=O)CC12CC3CC(CC(C3)C1)C2. The summed E-state index contributed by atoms with van der Waals surface area (Å²) < 4.78 is 4.51. The maximum atomic E-state index is 12.3. The van der Waals surface area contributed by atoms with Gasteiger partial charge in [-0.3, -0.25) is 14.4 Å². The molecule has 5 heteroatoms. The first-order chi connectivity index (χ1) is 11.0. The lowest BCUT2D eigenvalue weighted by molar-refractivity contribution is -0.141. The maximum absolute atomic E-state index is 12.3. The second-order valence-corrected chi connectivity index (χ2v) is 7.99. The van der Waals surface area contributed by atoms with Gasteiger partial charge < -0.3 is 10.1 Å². The summed E-state index contributed by atoms with van der Waals surface area (Å²) in [6.45, 7) is 0.0300. The average Bonchev–Trinajstić information content (AvgIpc) is 2.48. The van der Waals surface area contributed by atoms with Gasteiger partial charge in [0.05, 0.1) is 20.1 Å². The van der Waals surface area contributed by atoms with Gasteiger partial charge in [-0.2, -0.15) is 0 Å². The lowest BCUT2D eigenvalue weighted by atomic mass is 9.49. The number of methoxy groups -OCH3 is 1. The van der Waals surface area contributed by atoms with E-state index in [1.165, 1.54) is 45.6 Å². The van der Waals surface area contributed by atoms with Crippen LogP contribution >= 0.6 is 0 Å². The van der Waals surface area contributed by atoms with Crippen molar-refractivity contribution in [2.75, 3.05) is 13.7 Å². The first-order valence-corrected chi connectivity index (χ1v) is 8.83. The molecule has 0 aliphatic heterocycles. The van der Waals surface area contributed by atoms with E-state index < -0.39 is 5.97 Å². The molecule has 0 spiro atoms. The Kier molecular flexibility index (Phi) is 4.74. The number of hydrogen-bond donors (Lipinski definition) is 1. The minimum atomic E-state index is -0.391. The summed E-state index contributed by atoms with van der Waals surface area (Å²) in [5.74, 6) is 1.98. The summed E-state index contributed by atoms with van der Waals surface area (Å²) in [6.07, 6.45) is 8.48. The summed E-state index contributed by atoms with van der Waals surface area (Å²) in [7, 11) is 1.31. The van der Waals surface area contributed by atoms with E-state index in [1.54, 1.807) is 0 Å². The molecule has 0 radical (unpaired) electrons. The monoisotopic (exact) mass is 321 g/mol. The van der Waals surface area contributed by atoms with Gasteiger partial charge in [0, 0.05) is 12.8 Å². The quantitative estimate of drug-likeness (QED) is 0.730. The van der Waals surface area contributed by atoms with Gasteiger partial charge in [0.15, 0.2) is 5.78 Å². The lowest BCUT2D eigenvalue weighted by Gasteiger charge is -2.56. The second kappa shape index (κ2) is 6.62. The highest BCUT2D eigenvalue weighted by atomic mass is 16.5. The van der Waals surface area contributed by atoms with Crippen LogP contribution in [-0.4, -0.2) is 31.3 Å². The number of rotatable bonds is 7. The minimum Gasteiger partial charge on any atom is -0.469 e.